The van der Waals surface area contributed by atoms with Gasteiger partial charge in [-0.1, -0.05) is 36.8 Å². The Labute approximate surface area is 208 Å². The minimum absolute atomic E-state index is 0.0596. The quantitative estimate of drug-likeness (QED) is 0.108. The van der Waals surface area contributed by atoms with Crippen molar-refractivity contribution in [2.45, 2.75) is 62.7 Å². The monoisotopic (exact) mass is 509 g/mol. The summed E-state index contributed by atoms with van der Waals surface area (Å²) in [5, 5.41) is 34.6. The second-order valence-corrected chi connectivity index (χ2v) is 8.22. The molecule has 1 aromatic carbocycles. The van der Waals surface area contributed by atoms with Crippen molar-refractivity contribution in [1.82, 2.24) is 16.0 Å². The van der Waals surface area contributed by atoms with Crippen LogP contribution in [0.25, 0.3) is 0 Å². The van der Waals surface area contributed by atoms with Crippen LogP contribution in [0.15, 0.2) is 30.3 Å². The van der Waals surface area contributed by atoms with Crippen LogP contribution in [-0.4, -0.2) is 82.3 Å². The third-order valence-corrected chi connectivity index (χ3v) is 5.30. The summed E-state index contributed by atoms with van der Waals surface area (Å²) >= 11 is 0. The van der Waals surface area contributed by atoms with Gasteiger partial charge in [-0.15, -0.1) is 0 Å². The molecule has 0 spiro atoms. The molecule has 1 rings (SSSR count). The lowest BCUT2D eigenvalue weighted by molar-refractivity contribution is -0.143. The van der Waals surface area contributed by atoms with E-state index in [4.69, 9.17) is 16.6 Å². The molecule has 0 aliphatic heterocycles. The van der Waals surface area contributed by atoms with Crippen LogP contribution in [0.3, 0.4) is 0 Å². The lowest BCUT2D eigenvalue weighted by Crippen LogP contribution is -2.58. The Kier molecular flexibility index (Phi) is 13.7. The molecule has 13 nitrogen and oxygen atoms in total. The molecule has 1 aromatic rings. The Hall–Kier alpha value is -3.55. The van der Waals surface area contributed by atoms with E-state index in [0.29, 0.717) is 31.4 Å². The summed E-state index contributed by atoms with van der Waals surface area (Å²) < 4.78 is 0. The molecule has 13 heteroatoms. The summed E-state index contributed by atoms with van der Waals surface area (Å²) in [6.07, 6.45) is 0.828. The van der Waals surface area contributed by atoms with Gasteiger partial charge < -0.3 is 42.7 Å². The molecule has 0 aliphatic carbocycles. The molecule has 0 unspecified atom stereocenters. The number of carboxylic acid groups (broad SMARTS) is 2. The molecular weight excluding hydrogens is 474 g/mol. The van der Waals surface area contributed by atoms with Crippen molar-refractivity contribution in [3.63, 3.8) is 0 Å². The Balaban J connectivity index is 2.93. The van der Waals surface area contributed by atoms with Crippen molar-refractivity contribution in [3.8, 4) is 0 Å². The third-order valence-electron chi connectivity index (χ3n) is 5.30. The summed E-state index contributed by atoms with van der Waals surface area (Å²) in [5.41, 5.74) is 12.1. The first-order valence-electron chi connectivity index (χ1n) is 11.5. The number of nitrogens with one attached hydrogen (secondary N) is 3. The Morgan fingerprint density at radius 1 is 0.806 bits per heavy atom. The number of unbranched alkanes of at least 4 members (excludes halogenated alkanes) is 1. The smallest absolute Gasteiger partial charge is 0.326 e. The predicted molar refractivity (Wildman–Crippen MR) is 128 cm³/mol. The highest BCUT2D eigenvalue weighted by atomic mass is 16.4. The molecule has 4 atom stereocenters. The SMILES string of the molecule is NCCCC[C@H](N)C(=O)N[C@@H](Cc1ccccc1)C(=O)N[C@@H](CO)C(=O)N[C@@H](CCC(=O)O)C(=O)O. The second-order valence-electron chi connectivity index (χ2n) is 8.22. The van der Waals surface area contributed by atoms with Gasteiger partial charge in [0.1, 0.15) is 18.1 Å². The predicted octanol–water partition coefficient (Wildman–Crippen LogP) is -1.92. The van der Waals surface area contributed by atoms with Crippen LogP contribution in [0.1, 0.15) is 37.7 Å². The maximum absolute atomic E-state index is 13.0. The summed E-state index contributed by atoms with van der Waals surface area (Å²) in [6, 6.07) is 3.64. The van der Waals surface area contributed by atoms with Gasteiger partial charge in [-0.2, -0.15) is 0 Å². The lowest BCUT2D eigenvalue weighted by atomic mass is 10.0. The number of amides is 3. The van der Waals surface area contributed by atoms with Gasteiger partial charge in [0.2, 0.25) is 17.7 Å². The highest BCUT2D eigenvalue weighted by Crippen LogP contribution is 2.06. The van der Waals surface area contributed by atoms with Crippen LogP contribution in [0, 0.1) is 0 Å². The summed E-state index contributed by atoms with van der Waals surface area (Å²) in [5.74, 6) is -5.11. The molecule has 10 N–H and O–H groups in total. The number of hydrogen-bond donors (Lipinski definition) is 8. The van der Waals surface area contributed by atoms with Crippen molar-refractivity contribution in [2.24, 2.45) is 11.5 Å². The first kappa shape index (κ1) is 30.5. The molecule has 36 heavy (non-hydrogen) atoms. The second kappa shape index (κ2) is 16.2. The Morgan fingerprint density at radius 2 is 1.39 bits per heavy atom. The average Bonchev–Trinajstić information content (AvgIpc) is 2.84. The van der Waals surface area contributed by atoms with E-state index in [0.717, 1.165) is 0 Å². The van der Waals surface area contributed by atoms with E-state index in [1.54, 1.807) is 30.3 Å². The minimum Gasteiger partial charge on any atom is -0.481 e. The zero-order chi connectivity index (χ0) is 27.1. The number of carbonyl (C=O) groups excluding carboxylic acids is 3. The van der Waals surface area contributed by atoms with Crippen molar-refractivity contribution in [3.05, 3.63) is 35.9 Å². The fourth-order valence-corrected chi connectivity index (χ4v) is 3.24. The maximum Gasteiger partial charge on any atom is 0.326 e. The first-order chi connectivity index (χ1) is 17.1. The molecular formula is C23H35N5O8. The van der Waals surface area contributed by atoms with Gasteiger partial charge in [0.05, 0.1) is 12.6 Å². The molecule has 0 heterocycles. The fraction of sp³-hybridized carbons (Fsp3) is 0.522. The highest BCUT2D eigenvalue weighted by Gasteiger charge is 2.30. The van der Waals surface area contributed by atoms with Gasteiger partial charge in [-0.25, -0.2) is 4.79 Å². The number of benzene rings is 1. The van der Waals surface area contributed by atoms with Gasteiger partial charge in [-0.05, 0) is 31.4 Å². The summed E-state index contributed by atoms with van der Waals surface area (Å²) in [4.78, 5) is 60.2. The Bertz CT molecular complexity index is 883. The molecule has 0 aromatic heterocycles. The summed E-state index contributed by atoms with van der Waals surface area (Å²) in [6.45, 7) is -0.412. The molecule has 0 radical (unpaired) electrons. The first-order valence-corrected chi connectivity index (χ1v) is 11.5. The topological polar surface area (TPSA) is 234 Å². The van der Waals surface area contributed by atoms with Crippen LogP contribution in [0.4, 0.5) is 0 Å². The molecule has 0 aliphatic rings. The van der Waals surface area contributed by atoms with E-state index >= 15 is 0 Å². The number of hydrogen-bond acceptors (Lipinski definition) is 8. The average molecular weight is 510 g/mol. The third kappa shape index (κ3) is 11.3. The van der Waals surface area contributed by atoms with Gasteiger partial charge in [0.25, 0.3) is 0 Å². The van der Waals surface area contributed by atoms with E-state index in [1.807, 2.05) is 0 Å². The standard InChI is InChI=1S/C23H35N5O8/c24-11-5-4-8-15(25)20(32)27-17(12-14-6-2-1-3-7-14)21(33)28-18(13-29)22(34)26-16(23(35)36)9-10-19(30)31/h1-3,6-7,15-18,29H,4-5,8-13,24-25H2,(H,26,34)(H,27,32)(H,28,33)(H,30,31)(H,35,36)/t15-,16-,17-,18-/m0/s1. The molecule has 3 amide bonds. The number of carboxylic acids is 2. The molecule has 0 saturated heterocycles. The van der Waals surface area contributed by atoms with Gasteiger partial charge >= 0.3 is 11.9 Å². The molecule has 0 saturated carbocycles. The van der Waals surface area contributed by atoms with Crippen molar-refractivity contribution < 1.29 is 39.3 Å². The number of carbonyl (C=O) groups is 5. The van der Waals surface area contributed by atoms with Crippen LogP contribution in [0.2, 0.25) is 0 Å². The number of nitrogens with two attached hydrogens (primary N) is 2. The van der Waals surface area contributed by atoms with Gasteiger partial charge in [-0.3, -0.25) is 19.2 Å². The zero-order valence-corrected chi connectivity index (χ0v) is 19.9. The van der Waals surface area contributed by atoms with E-state index in [2.05, 4.69) is 16.0 Å². The fourth-order valence-electron chi connectivity index (χ4n) is 3.24. The zero-order valence-electron chi connectivity index (χ0n) is 19.9. The van der Waals surface area contributed by atoms with E-state index in [9.17, 15) is 34.2 Å². The normalized spacial score (nSPS) is 14.1. The summed E-state index contributed by atoms with van der Waals surface area (Å²) in [7, 11) is 0. The molecule has 0 fully saturated rings. The van der Waals surface area contributed by atoms with Crippen LogP contribution in [0.5, 0.6) is 0 Å². The van der Waals surface area contributed by atoms with E-state index < -0.39 is 73.3 Å². The van der Waals surface area contributed by atoms with Crippen molar-refractivity contribution >= 4 is 29.7 Å². The number of aliphatic hydroxyl groups excluding tert-OH is 1. The van der Waals surface area contributed by atoms with Gasteiger partial charge in [0, 0.05) is 12.8 Å². The largest absolute Gasteiger partial charge is 0.481 e. The van der Waals surface area contributed by atoms with Crippen LogP contribution < -0.4 is 27.4 Å². The van der Waals surface area contributed by atoms with Crippen LogP contribution in [-0.2, 0) is 30.4 Å². The van der Waals surface area contributed by atoms with E-state index in [-0.39, 0.29) is 6.42 Å². The molecule has 0 bridgehead atoms. The van der Waals surface area contributed by atoms with Crippen molar-refractivity contribution in [2.75, 3.05) is 13.2 Å². The minimum atomic E-state index is -1.54. The Morgan fingerprint density at radius 3 is 1.94 bits per heavy atom. The number of rotatable bonds is 17. The maximum atomic E-state index is 13.0. The number of aliphatic carboxylic acids is 2. The van der Waals surface area contributed by atoms with E-state index in [1.165, 1.54) is 0 Å². The lowest BCUT2D eigenvalue weighted by Gasteiger charge is -2.24. The van der Waals surface area contributed by atoms with Crippen LogP contribution >= 0.6 is 0 Å². The van der Waals surface area contributed by atoms with Gasteiger partial charge in [0.15, 0.2) is 0 Å². The molecule has 200 valence electrons. The number of aliphatic hydroxyl groups is 1. The van der Waals surface area contributed by atoms with Crippen molar-refractivity contribution in [1.29, 1.82) is 0 Å². The highest BCUT2D eigenvalue weighted by molar-refractivity contribution is 5.94.